The van der Waals surface area contributed by atoms with E-state index in [0.717, 1.165) is 32.5 Å². The zero-order valence-electron chi connectivity index (χ0n) is 13.0. The summed E-state index contributed by atoms with van der Waals surface area (Å²) < 4.78 is 8.37. The van der Waals surface area contributed by atoms with Crippen LogP contribution in [-0.2, 0) is 11.3 Å². The first kappa shape index (κ1) is 15.4. The van der Waals surface area contributed by atoms with Crippen LogP contribution in [0.4, 0.5) is 0 Å². The van der Waals surface area contributed by atoms with Gasteiger partial charge in [0.05, 0.1) is 17.8 Å². The third-order valence-electron chi connectivity index (χ3n) is 4.66. The summed E-state index contributed by atoms with van der Waals surface area (Å²) in [5.41, 5.74) is 1.43. The van der Waals surface area contributed by atoms with Crippen LogP contribution in [0, 0.1) is 0 Å². The van der Waals surface area contributed by atoms with Crippen LogP contribution < -0.4 is 5.32 Å². The molecule has 1 atom stereocenters. The standard InChI is InChI=1S/C16H27N3OS/c1-2-6-17-11-14-12-18-19(13-14)15-3-7-20-16(10-15)4-8-21-9-5-16/h12-13,15,17H,2-11H2,1H3. The highest BCUT2D eigenvalue weighted by Crippen LogP contribution is 2.41. The molecule has 0 aromatic carbocycles. The van der Waals surface area contributed by atoms with Crippen molar-refractivity contribution in [1.29, 1.82) is 0 Å². The molecule has 21 heavy (non-hydrogen) atoms. The summed E-state index contributed by atoms with van der Waals surface area (Å²) in [4.78, 5) is 0. The summed E-state index contributed by atoms with van der Waals surface area (Å²) in [5, 5.41) is 8.06. The van der Waals surface area contributed by atoms with Crippen LogP contribution in [0.15, 0.2) is 12.4 Å². The molecule has 1 N–H and O–H groups in total. The molecule has 2 aliphatic heterocycles. The van der Waals surface area contributed by atoms with Gasteiger partial charge >= 0.3 is 0 Å². The van der Waals surface area contributed by atoms with Crippen molar-refractivity contribution in [1.82, 2.24) is 15.1 Å². The lowest BCUT2D eigenvalue weighted by Crippen LogP contribution is -2.43. The van der Waals surface area contributed by atoms with Crippen molar-refractivity contribution in [2.75, 3.05) is 24.7 Å². The predicted octanol–water partition coefficient (Wildman–Crippen LogP) is 3.00. The zero-order valence-corrected chi connectivity index (χ0v) is 13.8. The number of thioether (sulfide) groups is 1. The van der Waals surface area contributed by atoms with Crippen LogP contribution >= 0.6 is 11.8 Å². The second-order valence-electron chi connectivity index (χ2n) is 6.30. The largest absolute Gasteiger partial charge is 0.375 e. The van der Waals surface area contributed by atoms with Crippen molar-refractivity contribution in [3.63, 3.8) is 0 Å². The average molecular weight is 309 g/mol. The van der Waals surface area contributed by atoms with Gasteiger partial charge in [-0.3, -0.25) is 4.68 Å². The third-order valence-corrected chi connectivity index (χ3v) is 5.64. The Morgan fingerprint density at radius 1 is 1.48 bits per heavy atom. The summed E-state index contributed by atoms with van der Waals surface area (Å²) in [7, 11) is 0. The molecule has 4 nitrogen and oxygen atoms in total. The maximum absolute atomic E-state index is 6.18. The van der Waals surface area contributed by atoms with E-state index >= 15 is 0 Å². The van der Waals surface area contributed by atoms with Crippen molar-refractivity contribution in [2.24, 2.45) is 0 Å². The number of aromatic nitrogens is 2. The minimum absolute atomic E-state index is 0.140. The van der Waals surface area contributed by atoms with E-state index in [9.17, 15) is 0 Å². The molecule has 0 radical (unpaired) electrons. The highest BCUT2D eigenvalue weighted by Gasteiger charge is 2.39. The smallest absolute Gasteiger partial charge is 0.0718 e. The van der Waals surface area contributed by atoms with Crippen molar-refractivity contribution < 1.29 is 4.74 Å². The third kappa shape index (κ3) is 3.82. The molecular formula is C16H27N3OS. The topological polar surface area (TPSA) is 39.1 Å². The Hall–Kier alpha value is -0.520. The van der Waals surface area contributed by atoms with Crippen LogP contribution in [0.5, 0.6) is 0 Å². The Bertz CT molecular complexity index is 437. The van der Waals surface area contributed by atoms with E-state index in [1.807, 2.05) is 6.20 Å². The molecule has 0 aliphatic carbocycles. The molecule has 0 bridgehead atoms. The fraction of sp³-hybridized carbons (Fsp3) is 0.812. The Balaban J connectivity index is 1.60. The van der Waals surface area contributed by atoms with Crippen molar-refractivity contribution in [3.8, 4) is 0 Å². The lowest BCUT2D eigenvalue weighted by molar-refractivity contribution is -0.100. The Morgan fingerprint density at radius 2 is 2.33 bits per heavy atom. The molecule has 0 amide bonds. The number of nitrogens with zero attached hydrogens (tertiary/aromatic N) is 2. The average Bonchev–Trinajstić information content (AvgIpc) is 2.97. The number of hydrogen-bond donors (Lipinski definition) is 1. The Kier molecular flexibility index (Phi) is 5.24. The van der Waals surface area contributed by atoms with Crippen LogP contribution in [0.3, 0.4) is 0 Å². The molecule has 3 rings (SSSR count). The van der Waals surface area contributed by atoms with Gasteiger partial charge in [0, 0.05) is 24.9 Å². The Morgan fingerprint density at radius 3 is 3.14 bits per heavy atom. The second kappa shape index (κ2) is 7.16. The van der Waals surface area contributed by atoms with Gasteiger partial charge in [0.1, 0.15) is 0 Å². The minimum Gasteiger partial charge on any atom is -0.375 e. The first-order chi connectivity index (χ1) is 10.3. The Labute approximate surface area is 132 Å². The molecule has 2 saturated heterocycles. The molecular weight excluding hydrogens is 282 g/mol. The monoisotopic (exact) mass is 309 g/mol. The SMILES string of the molecule is CCCNCc1cnn(C2CCOC3(CCSCC3)C2)c1. The van der Waals surface area contributed by atoms with Crippen LogP contribution in [-0.4, -0.2) is 40.0 Å². The molecule has 1 spiro atoms. The van der Waals surface area contributed by atoms with Gasteiger partial charge in [0.25, 0.3) is 0 Å². The molecule has 118 valence electrons. The van der Waals surface area contributed by atoms with Crippen LogP contribution in [0.2, 0.25) is 0 Å². The van der Waals surface area contributed by atoms with E-state index in [1.165, 1.54) is 36.3 Å². The number of rotatable bonds is 5. The fourth-order valence-corrected chi connectivity index (χ4v) is 4.63. The summed E-state index contributed by atoms with van der Waals surface area (Å²) >= 11 is 2.06. The van der Waals surface area contributed by atoms with Gasteiger partial charge in [-0.15, -0.1) is 0 Å². The van der Waals surface area contributed by atoms with Gasteiger partial charge in [-0.05, 0) is 50.2 Å². The van der Waals surface area contributed by atoms with E-state index in [-0.39, 0.29) is 5.60 Å². The van der Waals surface area contributed by atoms with Crippen molar-refractivity contribution >= 4 is 11.8 Å². The maximum atomic E-state index is 6.18. The highest BCUT2D eigenvalue weighted by atomic mass is 32.2. The van der Waals surface area contributed by atoms with Crippen LogP contribution in [0.25, 0.3) is 0 Å². The molecule has 3 heterocycles. The van der Waals surface area contributed by atoms with Gasteiger partial charge in [0.15, 0.2) is 0 Å². The van der Waals surface area contributed by atoms with Gasteiger partial charge in [-0.25, -0.2) is 0 Å². The van der Waals surface area contributed by atoms with E-state index < -0.39 is 0 Å². The first-order valence-corrected chi connectivity index (χ1v) is 9.42. The molecule has 2 fully saturated rings. The number of hydrogen-bond acceptors (Lipinski definition) is 4. The van der Waals surface area contributed by atoms with Gasteiger partial charge in [-0.1, -0.05) is 6.92 Å². The van der Waals surface area contributed by atoms with E-state index in [4.69, 9.17) is 4.74 Å². The second-order valence-corrected chi connectivity index (χ2v) is 7.52. The van der Waals surface area contributed by atoms with E-state index in [0.29, 0.717) is 6.04 Å². The molecule has 1 aromatic heterocycles. The fourth-order valence-electron chi connectivity index (χ4n) is 3.40. The summed E-state index contributed by atoms with van der Waals surface area (Å²) in [6.07, 6.45) is 10.1. The number of ether oxygens (including phenoxy) is 1. The van der Waals surface area contributed by atoms with Gasteiger partial charge < -0.3 is 10.1 Å². The summed E-state index contributed by atoms with van der Waals surface area (Å²) in [5.74, 6) is 2.50. The zero-order chi connectivity index (χ0) is 14.5. The summed E-state index contributed by atoms with van der Waals surface area (Å²) in [6.45, 7) is 5.08. The first-order valence-electron chi connectivity index (χ1n) is 8.27. The minimum atomic E-state index is 0.140. The van der Waals surface area contributed by atoms with E-state index in [2.05, 4.69) is 40.0 Å². The maximum Gasteiger partial charge on any atom is 0.0718 e. The molecule has 5 heteroatoms. The van der Waals surface area contributed by atoms with Crippen LogP contribution in [0.1, 0.15) is 50.6 Å². The lowest BCUT2D eigenvalue weighted by atomic mass is 9.85. The van der Waals surface area contributed by atoms with E-state index in [1.54, 1.807) is 0 Å². The van der Waals surface area contributed by atoms with Gasteiger partial charge in [-0.2, -0.15) is 16.9 Å². The molecule has 2 aliphatic rings. The highest BCUT2D eigenvalue weighted by molar-refractivity contribution is 7.99. The lowest BCUT2D eigenvalue weighted by Gasteiger charge is -2.43. The normalized spacial score (nSPS) is 25.3. The molecule has 0 saturated carbocycles. The quantitative estimate of drug-likeness (QED) is 0.849. The van der Waals surface area contributed by atoms with Crippen molar-refractivity contribution in [2.45, 2.75) is 57.2 Å². The molecule has 1 unspecified atom stereocenters. The predicted molar refractivity (Wildman–Crippen MR) is 87.7 cm³/mol. The molecule has 1 aromatic rings. The van der Waals surface area contributed by atoms with Crippen molar-refractivity contribution in [3.05, 3.63) is 18.0 Å². The summed E-state index contributed by atoms with van der Waals surface area (Å²) in [6, 6.07) is 0.516. The van der Waals surface area contributed by atoms with Gasteiger partial charge in [0.2, 0.25) is 0 Å². The number of nitrogens with one attached hydrogen (secondary N) is 1.